The van der Waals surface area contributed by atoms with Crippen LogP contribution >= 0.6 is 22.9 Å². The number of rotatable bonds is 7. The first-order valence-electron chi connectivity index (χ1n) is 4.35. The molecule has 0 aromatic carbocycles. The third-order valence-electron chi connectivity index (χ3n) is 1.61. The Labute approximate surface area is 101 Å². The van der Waals surface area contributed by atoms with Crippen molar-refractivity contribution >= 4 is 34.8 Å². The zero-order valence-electron chi connectivity index (χ0n) is 8.41. The summed E-state index contributed by atoms with van der Waals surface area (Å²) in [6.45, 7) is -0.0923. The van der Waals surface area contributed by atoms with E-state index in [4.69, 9.17) is 9.84 Å². The molecule has 0 aromatic rings. The van der Waals surface area contributed by atoms with Crippen LogP contribution in [0.4, 0.5) is 4.39 Å². The molecule has 0 bridgehead atoms. The van der Waals surface area contributed by atoms with Crippen molar-refractivity contribution in [2.24, 2.45) is 0 Å². The Morgan fingerprint density at radius 3 is 2.53 bits per heavy atom. The van der Waals surface area contributed by atoms with E-state index in [1.54, 1.807) is 7.05 Å². The molecule has 0 radical (unpaired) electrons. The van der Waals surface area contributed by atoms with E-state index in [2.05, 4.69) is 0 Å². The molecule has 0 saturated carbocycles. The summed E-state index contributed by atoms with van der Waals surface area (Å²) in [5.41, 5.74) is 0. The van der Waals surface area contributed by atoms with E-state index < -0.39 is 18.7 Å². The predicted molar refractivity (Wildman–Crippen MR) is 58.9 cm³/mol. The monoisotopic (exact) mass is 334 g/mol. The highest BCUT2D eigenvalue weighted by molar-refractivity contribution is 14.1. The van der Waals surface area contributed by atoms with E-state index in [-0.39, 0.29) is 22.1 Å². The summed E-state index contributed by atoms with van der Waals surface area (Å²) < 4.78 is 17.1. The number of quaternary nitrogens is 1. The lowest BCUT2D eigenvalue weighted by molar-refractivity contribution is -0.747. The summed E-state index contributed by atoms with van der Waals surface area (Å²) in [5.74, 6) is -1.60. The summed E-state index contributed by atoms with van der Waals surface area (Å²) in [4.78, 5) is 21.1. The van der Waals surface area contributed by atoms with Gasteiger partial charge in [-0.15, -0.1) is 0 Å². The fraction of sp³-hybridized carbons (Fsp3) is 0.750. The number of hydrogen-bond acceptors (Lipinski definition) is 3. The van der Waals surface area contributed by atoms with Crippen LogP contribution in [0.2, 0.25) is 0 Å². The minimum absolute atomic E-state index is 0.0873. The van der Waals surface area contributed by atoms with Crippen molar-refractivity contribution in [2.75, 3.05) is 27.0 Å². The highest BCUT2D eigenvalue weighted by Crippen LogP contribution is 2.11. The van der Waals surface area contributed by atoms with Gasteiger partial charge in [-0.3, -0.25) is 9.59 Å². The van der Waals surface area contributed by atoms with Crippen LogP contribution in [0.25, 0.3) is 0 Å². The summed E-state index contributed by atoms with van der Waals surface area (Å²) in [5, 5.41) is 8.29. The molecule has 0 saturated heterocycles. The van der Waals surface area contributed by atoms with Gasteiger partial charge in [-0.1, -0.05) is 0 Å². The van der Waals surface area contributed by atoms with Crippen LogP contribution in [0, 0.1) is 0 Å². The van der Waals surface area contributed by atoms with Crippen LogP contribution in [0.1, 0.15) is 12.8 Å². The smallest absolute Gasteiger partial charge is 0.306 e. The number of carboxylic acids is 1. The number of carboxylic acid groups (broad SMARTS) is 1. The lowest BCUT2D eigenvalue weighted by Crippen LogP contribution is -2.35. The topological polar surface area (TPSA) is 63.6 Å². The molecule has 88 valence electrons. The zero-order chi connectivity index (χ0) is 11.9. The van der Waals surface area contributed by atoms with E-state index >= 15 is 0 Å². The molecule has 0 rings (SSSR count). The van der Waals surface area contributed by atoms with Gasteiger partial charge in [0.2, 0.25) is 6.80 Å². The van der Waals surface area contributed by atoms with Crippen molar-refractivity contribution in [3.05, 3.63) is 0 Å². The number of ether oxygens (including phenoxy) is 1. The first-order chi connectivity index (χ1) is 6.87. The molecule has 0 amide bonds. The number of aliphatic carboxylic acids is 1. The summed E-state index contributed by atoms with van der Waals surface area (Å²) in [6.07, 6.45) is -0.381. The van der Waals surface area contributed by atoms with E-state index in [9.17, 15) is 14.0 Å². The number of hydrogen-bond donors (Lipinski definition) is 1. The second kappa shape index (κ2) is 6.94. The fourth-order valence-corrected chi connectivity index (χ4v) is 0.888. The molecule has 0 fully saturated rings. The Bertz CT molecular complexity index is 235. The second-order valence-electron chi connectivity index (χ2n) is 3.22. The molecule has 0 spiro atoms. The van der Waals surface area contributed by atoms with Gasteiger partial charge in [0.25, 0.3) is 22.9 Å². The minimum Gasteiger partial charge on any atom is -0.481 e. The Hall–Kier alpha value is -0.440. The number of likely N-dealkylation sites (N-methyl/N-ethyl adjacent to an activating group) is 1. The van der Waals surface area contributed by atoms with Crippen LogP contribution in [0.3, 0.4) is 0 Å². The predicted octanol–water partition coefficient (Wildman–Crippen LogP) is 1.12. The van der Waals surface area contributed by atoms with E-state index in [0.717, 1.165) is 0 Å². The SMILES string of the molecule is C[N+](I)(CF)CCOC(=O)CCC(=O)O. The highest BCUT2D eigenvalue weighted by Gasteiger charge is 2.18. The molecule has 0 aliphatic heterocycles. The van der Waals surface area contributed by atoms with Gasteiger partial charge in [-0.25, -0.2) is 2.70 Å². The van der Waals surface area contributed by atoms with Gasteiger partial charge in [0.05, 0.1) is 19.9 Å². The Morgan fingerprint density at radius 1 is 1.47 bits per heavy atom. The number of carbonyl (C=O) groups excluding carboxylic acids is 1. The second-order valence-corrected chi connectivity index (χ2v) is 5.55. The largest absolute Gasteiger partial charge is 0.481 e. The van der Waals surface area contributed by atoms with Gasteiger partial charge in [0.1, 0.15) is 13.2 Å². The first-order valence-corrected chi connectivity index (χ1v) is 5.31. The van der Waals surface area contributed by atoms with Crippen molar-refractivity contribution < 1.29 is 26.5 Å². The maximum Gasteiger partial charge on any atom is 0.306 e. The van der Waals surface area contributed by atoms with Crippen molar-refractivity contribution in [3.8, 4) is 0 Å². The normalized spacial score (nSPS) is 14.3. The number of esters is 1. The third-order valence-corrected chi connectivity index (χ3v) is 2.35. The Kier molecular flexibility index (Phi) is 6.73. The van der Waals surface area contributed by atoms with Crippen LogP contribution in [-0.4, -0.2) is 46.7 Å². The zero-order valence-corrected chi connectivity index (χ0v) is 10.6. The van der Waals surface area contributed by atoms with Gasteiger partial charge in [-0.05, 0) is 0 Å². The molecule has 1 N–H and O–H groups in total. The number of halogens is 2. The fourth-order valence-electron chi connectivity index (χ4n) is 0.691. The third kappa shape index (κ3) is 8.55. The highest BCUT2D eigenvalue weighted by atomic mass is 127. The number of alkyl halides is 1. The minimum atomic E-state index is -1.04. The maximum absolute atomic E-state index is 12.3. The standard InChI is InChI=1S/C8H13FINO4/c1-11(10,6-9)4-5-15-8(14)3-2-7(12)13/h2-6H2,1H3/p+1. The Balaban J connectivity index is 3.59. The average molecular weight is 334 g/mol. The van der Waals surface area contributed by atoms with E-state index in [1.165, 1.54) is 0 Å². The molecule has 0 aliphatic rings. The molecule has 1 unspecified atom stereocenters. The van der Waals surface area contributed by atoms with Crippen molar-refractivity contribution in [2.45, 2.75) is 12.8 Å². The van der Waals surface area contributed by atoms with E-state index in [0.29, 0.717) is 6.54 Å². The van der Waals surface area contributed by atoms with Crippen LogP contribution in [0.5, 0.6) is 0 Å². The van der Waals surface area contributed by atoms with Crippen molar-refractivity contribution in [1.82, 2.24) is 0 Å². The molecule has 0 aromatic heterocycles. The van der Waals surface area contributed by atoms with Gasteiger partial charge in [0.15, 0.2) is 0 Å². The Morgan fingerprint density at radius 2 is 2.07 bits per heavy atom. The molecular formula is C8H14FINO4+. The van der Waals surface area contributed by atoms with Crippen LogP contribution in [-0.2, 0) is 14.3 Å². The maximum atomic E-state index is 12.3. The summed E-state index contributed by atoms with van der Waals surface area (Å²) in [7, 11) is 1.66. The van der Waals surface area contributed by atoms with Crippen molar-refractivity contribution in [3.63, 3.8) is 0 Å². The summed E-state index contributed by atoms with van der Waals surface area (Å²) >= 11 is 1.90. The molecule has 0 aliphatic carbocycles. The molecular weight excluding hydrogens is 320 g/mol. The molecule has 5 nitrogen and oxygen atoms in total. The van der Waals surface area contributed by atoms with Crippen LogP contribution < -0.4 is 0 Å². The number of carbonyl (C=O) groups is 2. The van der Waals surface area contributed by atoms with Crippen molar-refractivity contribution in [1.29, 1.82) is 0 Å². The lowest BCUT2D eigenvalue weighted by Gasteiger charge is -2.21. The van der Waals surface area contributed by atoms with Gasteiger partial charge < -0.3 is 9.84 Å². The van der Waals surface area contributed by atoms with E-state index in [1.807, 2.05) is 22.9 Å². The first kappa shape index (κ1) is 14.6. The lowest BCUT2D eigenvalue weighted by atomic mass is 10.3. The quantitative estimate of drug-likeness (QED) is 0.328. The number of nitrogens with zero attached hydrogens (tertiary/aromatic N) is 1. The molecule has 15 heavy (non-hydrogen) atoms. The average Bonchev–Trinajstić information content (AvgIpc) is 2.14. The summed E-state index contributed by atoms with van der Waals surface area (Å²) in [6, 6.07) is 0. The molecule has 7 heteroatoms. The van der Waals surface area contributed by atoms with Gasteiger partial charge >= 0.3 is 11.9 Å². The van der Waals surface area contributed by atoms with Gasteiger partial charge in [-0.2, -0.15) is 4.39 Å². The molecule has 1 atom stereocenters. The van der Waals surface area contributed by atoms with Gasteiger partial charge in [0, 0.05) is 0 Å². The van der Waals surface area contributed by atoms with Crippen LogP contribution in [0.15, 0.2) is 0 Å². The molecule has 0 heterocycles.